The third-order valence-electron chi connectivity index (χ3n) is 3.83. The minimum Gasteiger partial charge on any atom is -0.435 e. The van der Waals surface area contributed by atoms with Crippen LogP contribution >= 0.6 is 0 Å². The zero-order valence-electron chi connectivity index (χ0n) is 15.2. The van der Waals surface area contributed by atoms with Crippen LogP contribution in [0.1, 0.15) is 21.5 Å². The first-order valence-electron chi connectivity index (χ1n) is 8.23. The van der Waals surface area contributed by atoms with Crippen molar-refractivity contribution in [1.82, 2.24) is 10.2 Å². The third kappa shape index (κ3) is 6.25. The van der Waals surface area contributed by atoms with Crippen LogP contribution in [0.2, 0.25) is 0 Å². The van der Waals surface area contributed by atoms with Gasteiger partial charge in [-0.05, 0) is 35.4 Å². The van der Waals surface area contributed by atoms with Gasteiger partial charge in [0.2, 0.25) is 5.91 Å². The van der Waals surface area contributed by atoms with Crippen LogP contribution in [-0.4, -0.2) is 37.5 Å². The average Bonchev–Trinajstić information content (AvgIpc) is 2.64. The number of halogens is 2. The van der Waals surface area contributed by atoms with E-state index in [1.807, 2.05) is 24.1 Å². The van der Waals surface area contributed by atoms with Gasteiger partial charge < -0.3 is 20.7 Å². The molecule has 2 aromatic rings. The number of hydrogen-bond donors (Lipinski definition) is 2. The molecule has 0 spiro atoms. The Morgan fingerprint density at radius 1 is 1.15 bits per heavy atom. The molecule has 0 bridgehead atoms. The average molecular weight is 376 g/mol. The van der Waals surface area contributed by atoms with E-state index in [1.54, 1.807) is 31.3 Å². The Balaban J connectivity index is 1.91. The fourth-order valence-electron chi connectivity index (χ4n) is 2.48. The Morgan fingerprint density at radius 2 is 1.74 bits per heavy atom. The summed E-state index contributed by atoms with van der Waals surface area (Å²) in [7, 11) is 3.55. The van der Waals surface area contributed by atoms with Gasteiger partial charge in [-0.2, -0.15) is 8.78 Å². The Kier molecular flexibility index (Phi) is 7.10. The van der Waals surface area contributed by atoms with Crippen LogP contribution in [0.4, 0.5) is 8.78 Å². The molecular formula is C19H22F2N4O2. The van der Waals surface area contributed by atoms with Gasteiger partial charge in [0.1, 0.15) is 5.75 Å². The highest BCUT2D eigenvalue weighted by Gasteiger charge is 2.08. The number of guanidine groups is 1. The first kappa shape index (κ1) is 20.2. The standard InChI is InChI=1S/C19H22F2N4O2/c1-23-19(24-11-13-3-7-15(8-4-13)17(22)26)25(2)12-14-5-9-16(10-6-14)27-18(20)21/h3-10,18H,11-12H2,1-2H3,(H2,22,26)(H,23,24). The van der Waals surface area contributed by atoms with Gasteiger partial charge in [0.15, 0.2) is 5.96 Å². The second-order valence-electron chi connectivity index (χ2n) is 5.84. The summed E-state index contributed by atoms with van der Waals surface area (Å²) in [6.45, 7) is -1.77. The quantitative estimate of drug-likeness (QED) is 0.575. The van der Waals surface area contributed by atoms with E-state index in [-0.39, 0.29) is 5.75 Å². The van der Waals surface area contributed by atoms with E-state index in [4.69, 9.17) is 5.73 Å². The highest BCUT2D eigenvalue weighted by atomic mass is 19.3. The Hall–Kier alpha value is -3.16. The lowest BCUT2D eigenvalue weighted by Crippen LogP contribution is -2.38. The molecule has 6 nitrogen and oxygen atoms in total. The molecule has 0 aliphatic rings. The number of rotatable bonds is 7. The lowest BCUT2D eigenvalue weighted by Gasteiger charge is -2.22. The lowest BCUT2D eigenvalue weighted by molar-refractivity contribution is -0.0498. The minimum atomic E-state index is -2.83. The minimum absolute atomic E-state index is 0.123. The van der Waals surface area contributed by atoms with Crippen molar-refractivity contribution in [2.45, 2.75) is 19.7 Å². The van der Waals surface area contributed by atoms with Gasteiger partial charge >= 0.3 is 6.61 Å². The number of ether oxygens (including phenoxy) is 1. The Bertz CT molecular complexity index is 777. The predicted octanol–water partition coefficient (Wildman–Crippen LogP) is 2.59. The molecule has 0 aliphatic carbocycles. The number of nitrogens with one attached hydrogen (secondary N) is 1. The van der Waals surface area contributed by atoms with Crippen LogP contribution in [0.15, 0.2) is 53.5 Å². The van der Waals surface area contributed by atoms with Gasteiger partial charge in [0.05, 0.1) is 0 Å². The lowest BCUT2D eigenvalue weighted by atomic mass is 10.1. The SMILES string of the molecule is CN=C(NCc1ccc(C(N)=O)cc1)N(C)Cc1ccc(OC(F)F)cc1. The van der Waals surface area contributed by atoms with Crippen molar-refractivity contribution >= 4 is 11.9 Å². The van der Waals surface area contributed by atoms with Crippen molar-refractivity contribution in [3.8, 4) is 5.75 Å². The van der Waals surface area contributed by atoms with Crippen molar-refractivity contribution in [2.24, 2.45) is 10.7 Å². The number of nitrogens with zero attached hydrogens (tertiary/aromatic N) is 2. The van der Waals surface area contributed by atoms with E-state index >= 15 is 0 Å². The van der Waals surface area contributed by atoms with Crippen molar-refractivity contribution in [3.05, 3.63) is 65.2 Å². The number of benzene rings is 2. The molecule has 27 heavy (non-hydrogen) atoms. The molecule has 1 amide bonds. The zero-order chi connectivity index (χ0) is 19.8. The second-order valence-corrected chi connectivity index (χ2v) is 5.84. The second kappa shape index (κ2) is 9.51. The molecule has 0 aromatic heterocycles. The number of carbonyl (C=O) groups is 1. The van der Waals surface area contributed by atoms with Gasteiger partial charge in [-0.3, -0.25) is 9.79 Å². The fraction of sp³-hybridized carbons (Fsp3) is 0.263. The van der Waals surface area contributed by atoms with Crippen LogP contribution in [-0.2, 0) is 13.1 Å². The van der Waals surface area contributed by atoms with Crippen LogP contribution in [0.5, 0.6) is 5.75 Å². The molecule has 3 N–H and O–H groups in total. The highest BCUT2D eigenvalue weighted by molar-refractivity contribution is 5.92. The molecule has 8 heteroatoms. The van der Waals surface area contributed by atoms with E-state index in [0.717, 1.165) is 11.1 Å². The van der Waals surface area contributed by atoms with Gasteiger partial charge in [-0.1, -0.05) is 24.3 Å². The largest absolute Gasteiger partial charge is 0.435 e. The molecule has 0 saturated carbocycles. The zero-order valence-corrected chi connectivity index (χ0v) is 15.2. The van der Waals surface area contributed by atoms with Crippen molar-refractivity contribution < 1.29 is 18.3 Å². The smallest absolute Gasteiger partial charge is 0.387 e. The van der Waals surface area contributed by atoms with E-state index in [2.05, 4.69) is 15.0 Å². The number of nitrogens with two attached hydrogens (primary N) is 1. The van der Waals surface area contributed by atoms with Crippen LogP contribution in [0, 0.1) is 0 Å². The molecule has 0 heterocycles. The van der Waals surface area contributed by atoms with Crippen LogP contribution in [0.25, 0.3) is 0 Å². The summed E-state index contributed by atoms with van der Waals surface area (Å²) in [6.07, 6.45) is 0. The van der Waals surface area contributed by atoms with Gasteiger partial charge in [0, 0.05) is 32.7 Å². The van der Waals surface area contributed by atoms with E-state index in [9.17, 15) is 13.6 Å². The fourth-order valence-corrected chi connectivity index (χ4v) is 2.48. The topological polar surface area (TPSA) is 79.9 Å². The number of hydrogen-bond acceptors (Lipinski definition) is 3. The van der Waals surface area contributed by atoms with Gasteiger partial charge in [0.25, 0.3) is 0 Å². The molecule has 0 aliphatic heterocycles. The predicted molar refractivity (Wildman–Crippen MR) is 99.7 cm³/mol. The summed E-state index contributed by atoms with van der Waals surface area (Å²) in [6, 6.07) is 13.5. The highest BCUT2D eigenvalue weighted by Crippen LogP contribution is 2.15. The van der Waals surface area contributed by atoms with E-state index in [1.165, 1.54) is 12.1 Å². The Morgan fingerprint density at radius 3 is 2.26 bits per heavy atom. The van der Waals surface area contributed by atoms with E-state index < -0.39 is 12.5 Å². The monoisotopic (exact) mass is 376 g/mol. The molecule has 2 aromatic carbocycles. The summed E-state index contributed by atoms with van der Waals surface area (Å²) in [5.41, 5.74) is 7.59. The normalized spacial score (nSPS) is 11.4. The van der Waals surface area contributed by atoms with Crippen LogP contribution < -0.4 is 15.8 Å². The van der Waals surface area contributed by atoms with E-state index in [0.29, 0.717) is 24.6 Å². The molecule has 0 unspecified atom stereocenters. The Labute approximate surface area is 156 Å². The number of amides is 1. The molecule has 0 radical (unpaired) electrons. The molecule has 0 saturated heterocycles. The maximum atomic E-state index is 12.2. The van der Waals surface area contributed by atoms with Crippen molar-refractivity contribution in [3.63, 3.8) is 0 Å². The van der Waals surface area contributed by atoms with Crippen molar-refractivity contribution in [1.29, 1.82) is 0 Å². The number of alkyl halides is 2. The molecule has 144 valence electrons. The molecule has 2 rings (SSSR count). The molecular weight excluding hydrogens is 354 g/mol. The molecule has 0 fully saturated rings. The summed E-state index contributed by atoms with van der Waals surface area (Å²) in [5, 5.41) is 3.23. The van der Waals surface area contributed by atoms with Crippen LogP contribution in [0.3, 0.4) is 0 Å². The number of aliphatic imine (C=N–C) groups is 1. The van der Waals surface area contributed by atoms with Gasteiger partial charge in [-0.15, -0.1) is 0 Å². The third-order valence-corrected chi connectivity index (χ3v) is 3.83. The van der Waals surface area contributed by atoms with Gasteiger partial charge in [-0.25, -0.2) is 0 Å². The van der Waals surface area contributed by atoms with Crippen molar-refractivity contribution in [2.75, 3.05) is 14.1 Å². The summed E-state index contributed by atoms with van der Waals surface area (Å²) in [4.78, 5) is 17.2. The maximum absolute atomic E-state index is 12.2. The first-order chi connectivity index (χ1) is 12.9. The summed E-state index contributed by atoms with van der Waals surface area (Å²) in [5.74, 6) is 0.329. The summed E-state index contributed by atoms with van der Waals surface area (Å²) >= 11 is 0. The molecule has 0 atom stereocenters. The summed E-state index contributed by atoms with van der Waals surface area (Å²) < 4.78 is 28.7. The maximum Gasteiger partial charge on any atom is 0.387 e. The number of carbonyl (C=O) groups excluding carboxylic acids is 1. The number of primary amides is 1. The first-order valence-corrected chi connectivity index (χ1v) is 8.23.